The molecule has 2 atom stereocenters. The Morgan fingerprint density at radius 3 is 2.59 bits per heavy atom. The first kappa shape index (κ1) is 13.7. The van der Waals surface area contributed by atoms with Crippen molar-refractivity contribution >= 4 is 5.97 Å². The van der Waals surface area contributed by atoms with Gasteiger partial charge in [-0.15, -0.1) is 0 Å². The highest BCUT2D eigenvalue weighted by atomic mass is 16.5. The van der Waals surface area contributed by atoms with Crippen molar-refractivity contribution in [2.75, 3.05) is 0 Å². The van der Waals surface area contributed by atoms with Crippen molar-refractivity contribution in [1.29, 1.82) is 0 Å². The number of nitrogens with two attached hydrogens (primary N) is 1. The molecule has 2 unspecified atom stereocenters. The Bertz CT molecular complexity index is 337. The van der Waals surface area contributed by atoms with Gasteiger partial charge in [0.1, 0.15) is 6.04 Å². The maximum atomic E-state index is 11.6. The van der Waals surface area contributed by atoms with E-state index in [1.807, 2.05) is 44.2 Å². The van der Waals surface area contributed by atoms with Crippen LogP contribution in [0.3, 0.4) is 0 Å². The summed E-state index contributed by atoms with van der Waals surface area (Å²) in [6, 6.07) is 9.49. The van der Waals surface area contributed by atoms with E-state index in [0.29, 0.717) is 6.42 Å². The Labute approximate surface area is 103 Å². The van der Waals surface area contributed by atoms with E-state index in [9.17, 15) is 4.79 Å². The number of aryl methyl sites for hydroxylation is 1. The molecule has 0 amide bonds. The minimum atomic E-state index is -0.524. The summed E-state index contributed by atoms with van der Waals surface area (Å²) in [7, 11) is 0. The van der Waals surface area contributed by atoms with Gasteiger partial charge in [0, 0.05) is 0 Å². The summed E-state index contributed by atoms with van der Waals surface area (Å²) in [5.74, 6) is -0.296. The van der Waals surface area contributed by atoms with Gasteiger partial charge in [0.2, 0.25) is 0 Å². The van der Waals surface area contributed by atoms with Gasteiger partial charge in [0.15, 0.2) is 0 Å². The molecule has 0 aromatic heterocycles. The molecular formula is C14H21NO2. The molecule has 0 aliphatic rings. The minimum Gasteiger partial charge on any atom is -0.462 e. The first-order valence-corrected chi connectivity index (χ1v) is 6.13. The molecule has 3 heteroatoms. The van der Waals surface area contributed by atoms with Crippen molar-refractivity contribution in [1.82, 2.24) is 0 Å². The van der Waals surface area contributed by atoms with E-state index >= 15 is 0 Å². The molecule has 17 heavy (non-hydrogen) atoms. The van der Waals surface area contributed by atoms with E-state index in [2.05, 4.69) is 0 Å². The average Bonchev–Trinajstić information content (AvgIpc) is 2.36. The molecule has 0 bridgehead atoms. The number of rotatable bonds is 6. The molecular weight excluding hydrogens is 214 g/mol. The third-order valence-corrected chi connectivity index (χ3v) is 2.78. The summed E-state index contributed by atoms with van der Waals surface area (Å²) in [4.78, 5) is 11.6. The molecule has 1 rings (SSSR count). The average molecular weight is 235 g/mol. The van der Waals surface area contributed by atoms with Crippen LogP contribution in [-0.2, 0) is 16.0 Å². The van der Waals surface area contributed by atoms with Gasteiger partial charge >= 0.3 is 5.97 Å². The zero-order chi connectivity index (χ0) is 12.7. The highest BCUT2D eigenvalue weighted by Gasteiger charge is 2.16. The number of ether oxygens (including phenoxy) is 1. The number of hydrogen-bond donors (Lipinski definition) is 1. The van der Waals surface area contributed by atoms with Crippen molar-refractivity contribution in [2.45, 2.75) is 45.3 Å². The van der Waals surface area contributed by atoms with E-state index in [-0.39, 0.29) is 12.1 Å². The number of esters is 1. The van der Waals surface area contributed by atoms with Gasteiger partial charge in [-0.2, -0.15) is 0 Å². The summed E-state index contributed by atoms with van der Waals surface area (Å²) in [6.45, 7) is 3.86. The standard InChI is InChI=1S/C14H21NO2/c1-3-11(2)17-14(16)13(15)10-9-12-7-5-4-6-8-12/h4-8,11,13H,3,9-10,15H2,1-2H3. The lowest BCUT2D eigenvalue weighted by Crippen LogP contribution is -2.34. The molecule has 1 aromatic rings. The van der Waals surface area contributed by atoms with E-state index in [4.69, 9.17) is 10.5 Å². The molecule has 3 nitrogen and oxygen atoms in total. The molecule has 1 aromatic carbocycles. The van der Waals surface area contributed by atoms with Crippen molar-refractivity contribution in [3.8, 4) is 0 Å². The van der Waals surface area contributed by atoms with Crippen molar-refractivity contribution in [2.24, 2.45) is 5.73 Å². The van der Waals surface area contributed by atoms with Crippen LogP contribution in [0.1, 0.15) is 32.3 Å². The maximum Gasteiger partial charge on any atom is 0.323 e. The minimum absolute atomic E-state index is 0.0507. The Balaban J connectivity index is 2.34. The lowest BCUT2D eigenvalue weighted by Gasteiger charge is -2.15. The van der Waals surface area contributed by atoms with Gasteiger partial charge in [0.05, 0.1) is 6.10 Å². The summed E-state index contributed by atoms with van der Waals surface area (Å²) >= 11 is 0. The summed E-state index contributed by atoms with van der Waals surface area (Å²) in [5.41, 5.74) is 6.99. The second-order valence-corrected chi connectivity index (χ2v) is 4.29. The molecule has 2 N–H and O–H groups in total. The quantitative estimate of drug-likeness (QED) is 0.770. The Kier molecular flexibility index (Phi) is 5.70. The van der Waals surface area contributed by atoms with Crippen LogP contribution in [-0.4, -0.2) is 18.1 Å². The second kappa shape index (κ2) is 7.07. The first-order valence-electron chi connectivity index (χ1n) is 6.13. The number of hydrogen-bond acceptors (Lipinski definition) is 3. The van der Waals surface area contributed by atoms with Crippen LogP contribution in [0.5, 0.6) is 0 Å². The van der Waals surface area contributed by atoms with E-state index in [0.717, 1.165) is 12.8 Å². The third kappa shape index (κ3) is 5.00. The zero-order valence-electron chi connectivity index (χ0n) is 10.6. The predicted molar refractivity (Wildman–Crippen MR) is 68.6 cm³/mol. The molecule has 0 aliphatic heterocycles. The van der Waals surface area contributed by atoms with Crippen LogP contribution < -0.4 is 5.73 Å². The topological polar surface area (TPSA) is 52.3 Å². The van der Waals surface area contributed by atoms with Crippen LogP contribution >= 0.6 is 0 Å². The van der Waals surface area contributed by atoms with Gasteiger partial charge in [0.25, 0.3) is 0 Å². The van der Waals surface area contributed by atoms with E-state index in [1.54, 1.807) is 0 Å². The van der Waals surface area contributed by atoms with Gasteiger partial charge < -0.3 is 10.5 Å². The van der Waals surface area contributed by atoms with E-state index in [1.165, 1.54) is 5.56 Å². The fourth-order valence-electron chi connectivity index (χ4n) is 1.45. The van der Waals surface area contributed by atoms with Crippen molar-refractivity contribution < 1.29 is 9.53 Å². The maximum absolute atomic E-state index is 11.6. The van der Waals surface area contributed by atoms with Crippen LogP contribution in [0.25, 0.3) is 0 Å². The second-order valence-electron chi connectivity index (χ2n) is 4.29. The summed E-state index contributed by atoms with van der Waals surface area (Å²) < 4.78 is 5.19. The fraction of sp³-hybridized carbons (Fsp3) is 0.500. The Hall–Kier alpha value is -1.35. The van der Waals surface area contributed by atoms with Crippen LogP contribution in [0, 0.1) is 0 Å². The largest absolute Gasteiger partial charge is 0.462 e. The van der Waals surface area contributed by atoms with Gasteiger partial charge in [-0.1, -0.05) is 37.3 Å². The van der Waals surface area contributed by atoms with Crippen molar-refractivity contribution in [3.05, 3.63) is 35.9 Å². The van der Waals surface area contributed by atoms with Gasteiger partial charge in [-0.25, -0.2) is 0 Å². The van der Waals surface area contributed by atoms with Crippen molar-refractivity contribution in [3.63, 3.8) is 0 Å². The third-order valence-electron chi connectivity index (χ3n) is 2.78. The molecule has 0 radical (unpaired) electrons. The smallest absolute Gasteiger partial charge is 0.323 e. The highest BCUT2D eigenvalue weighted by molar-refractivity contribution is 5.75. The Morgan fingerprint density at radius 2 is 2.00 bits per heavy atom. The molecule has 0 saturated carbocycles. The predicted octanol–water partition coefficient (Wildman–Crippen LogP) is 2.29. The van der Waals surface area contributed by atoms with E-state index < -0.39 is 6.04 Å². The molecule has 0 saturated heterocycles. The first-order chi connectivity index (χ1) is 8.13. The normalized spacial score (nSPS) is 14.1. The summed E-state index contributed by atoms with van der Waals surface area (Å²) in [5, 5.41) is 0. The molecule has 0 fully saturated rings. The zero-order valence-corrected chi connectivity index (χ0v) is 10.6. The fourth-order valence-corrected chi connectivity index (χ4v) is 1.45. The van der Waals surface area contributed by atoms with Crippen LogP contribution in [0.4, 0.5) is 0 Å². The van der Waals surface area contributed by atoms with Gasteiger partial charge in [-0.3, -0.25) is 4.79 Å². The highest BCUT2D eigenvalue weighted by Crippen LogP contribution is 2.06. The molecule has 0 heterocycles. The van der Waals surface area contributed by atoms with Crippen LogP contribution in [0.2, 0.25) is 0 Å². The van der Waals surface area contributed by atoms with Gasteiger partial charge in [-0.05, 0) is 31.7 Å². The lowest BCUT2D eigenvalue weighted by atomic mass is 10.1. The summed E-state index contributed by atoms with van der Waals surface area (Å²) in [6.07, 6.45) is 2.19. The molecule has 0 aliphatic carbocycles. The monoisotopic (exact) mass is 235 g/mol. The number of carbonyl (C=O) groups excluding carboxylic acids is 1. The van der Waals surface area contributed by atoms with Crippen LogP contribution in [0.15, 0.2) is 30.3 Å². The molecule has 94 valence electrons. The number of carbonyl (C=O) groups is 1. The lowest BCUT2D eigenvalue weighted by molar-refractivity contribution is -0.150. The SMILES string of the molecule is CCC(C)OC(=O)C(N)CCc1ccccc1. The Morgan fingerprint density at radius 1 is 1.35 bits per heavy atom. The molecule has 0 spiro atoms. The number of benzene rings is 1.